The van der Waals surface area contributed by atoms with E-state index in [4.69, 9.17) is 5.11 Å². The van der Waals surface area contributed by atoms with Gasteiger partial charge in [0.05, 0.1) is 5.97 Å². The fourth-order valence-corrected chi connectivity index (χ4v) is 0.810. The lowest BCUT2D eigenvalue weighted by atomic mass is 9.94. The van der Waals surface area contributed by atoms with E-state index < -0.39 is 42.8 Å². The molecule has 0 aromatic carbocycles. The number of hydrogen-bond acceptors (Lipinski definition) is 7. The lowest BCUT2D eigenvalue weighted by Gasteiger charge is -2.29. The third-order valence-electron chi connectivity index (χ3n) is 1.56. The lowest BCUT2D eigenvalue weighted by Crippen LogP contribution is -2.52. The van der Waals surface area contributed by atoms with E-state index in [1.807, 2.05) is 0 Å². The van der Waals surface area contributed by atoms with Gasteiger partial charge in [-0.05, 0) is 12.8 Å². The first-order valence-corrected chi connectivity index (χ1v) is 3.61. The fraction of sp³-hybridized carbons (Fsp3) is 0.571. The number of carboxylic acid groups (broad SMARTS) is 3. The van der Waals surface area contributed by atoms with E-state index in [2.05, 4.69) is 0 Å². The first-order valence-electron chi connectivity index (χ1n) is 3.61. The summed E-state index contributed by atoms with van der Waals surface area (Å²) >= 11 is 0. The molecule has 14 heavy (non-hydrogen) atoms. The van der Waals surface area contributed by atoms with E-state index in [9.17, 15) is 29.7 Å². The molecular weight excluding hydrogens is 196 g/mol. The molecule has 80 valence electrons. The fourth-order valence-electron chi connectivity index (χ4n) is 0.810. The van der Waals surface area contributed by atoms with Crippen LogP contribution in [0.2, 0.25) is 0 Å². The molecule has 0 aliphatic carbocycles. The largest absolute Gasteiger partial charge is 0.550 e. The van der Waals surface area contributed by atoms with E-state index in [0.717, 1.165) is 0 Å². The highest BCUT2D eigenvalue weighted by molar-refractivity contribution is 5.82. The van der Waals surface area contributed by atoms with Gasteiger partial charge in [0.25, 0.3) is 0 Å². The molecule has 0 saturated heterocycles. The summed E-state index contributed by atoms with van der Waals surface area (Å²) in [5.74, 6) is -5.46. The second kappa shape index (κ2) is 4.56. The van der Waals surface area contributed by atoms with Crippen molar-refractivity contribution in [3.05, 3.63) is 0 Å². The van der Waals surface area contributed by atoms with Gasteiger partial charge in [-0.25, -0.2) is 0 Å². The van der Waals surface area contributed by atoms with Gasteiger partial charge in [0, 0.05) is 18.4 Å². The lowest BCUT2D eigenvalue weighted by molar-refractivity contribution is -0.335. The maximum absolute atomic E-state index is 10.3. The summed E-state index contributed by atoms with van der Waals surface area (Å²) in [6.45, 7) is 0. The molecular formula is C7H7O7-3. The summed E-state index contributed by atoms with van der Waals surface area (Å²) in [6, 6.07) is 0. The summed E-state index contributed by atoms with van der Waals surface area (Å²) in [7, 11) is 0. The third-order valence-corrected chi connectivity index (χ3v) is 1.56. The van der Waals surface area contributed by atoms with Crippen molar-refractivity contribution < 1.29 is 34.8 Å². The van der Waals surface area contributed by atoms with Crippen LogP contribution < -0.4 is 15.3 Å². The maximum atomic E-state index is 10.3. The van der Waals surface area contributed by atoms with Gasteiger partial charge in [-0.2, -0.15) is 0 Å². The number of carboxylic acids is 3. The molecule has 0 bridgehead atoms. The van der Waals surface area contributed by atoms with E-state index in [-0.39, 0.29) is 0 Å². The molecule has 0 amide bonds. The Morgan fingerprint density at radius 1 is 1.07 bits per heavy atom. The minimum atomic E-state index is -2.72. The van der Waals surface area contributed by atoms with Crippen molar-refractivity contribution in [1.82, 2.24) is 0 Å². The average Bonchev–Trinajstić information content (AvgIpc) is 1.99. The van der Waals surface area contributed by atoms with Crippen molar-refractivity contribution in [3.8, 4) is 0 Å². The van der Waals surface area contributed by atoms with Crippen molar-refractivity contribution in [2.24, 2.45) is 0 Å². The molecule has 0 aromatic rings. The molecule has 0 saturated carbocycles. The van der Waals surface area contributed by atoms with Crippen molar-refractivity contribution in [1.29, 1.82) is 0 Å². The minimum Gasteiger partial charge on any atom is -0.550 e. The van der Waals surface area contributed by atoms with E-state index in [1.54, 1.807) is 0 Å². The zero-order valence-corrected chi connectivity index (χ0v) is 7.02. The molecule has 0 aromatic heterocycles. The third kappa shape index (κ3) is 3.85. The van der Waals surface area contributed by atoms with Crippen LogP contribution in [-0.2, 0) is 14.4 Å². The molecule has 0 fully saturated rings. The Morgan fingerprint density at radius 3 is 1.86 bits per heavy atom. The van der Waals surface area contributed by atoms with Gasteiger partial charge < -0.3 is 34.8 Å². The number of aliphatic carboxylic acids is 3. The Balaban J connectivity index is 4.47. The maximum Gasteiger partial charge on any atom is 0.109 e. The van der Waals surface area contributed by atoms with Gasteiger partial charge >= 0.3 is 0 Å². The molecule has 0 aliphatic heterocycles. The second-order valence-corrected chi connectivity index (χ2v) is 2.74. The van der Waals surface area contributed by atoms with Crippen LogP contribution in [0.5, 0.6) is 0 Å². The Hall–Kier alpha value is -1.63. The molecule has 0 radical (unpaired) electrons. The van der Waals surface area contributed by atoms with Gasteiger partial charge in [0.15, 0.2) is 0 Å². The number of rotatable bonds is 6. The van der Waals surface area contributed by atoms with Crippen LogP contribution in [0.25, 0.3) is 0 Å². The SMILES string of the molecule is O=C([O-])CC[C@@](O)(CC(=O)[O-])C(=O)[O-]. The molecule has 0 heterocycles. The molecule has 0 aliphatic rings. The van der Waals surface area contributed by atoms with Crippen LogP contribution in [0.3, 0.4) is 0 Å². The van der Waals surface area contributed by atoms with Crippen LogP contribution in [0.1, 0.15) is 19.3 Å². The first-order chi connectivity index (χ1) is 6.28. The van der Waals surface area contributed by atoms with E-state index in [1.165, 1.54) is 0 Å². The van der Waals surface area contributed by atoms with Crippen LogP contribution in [0, 0.1) is 0 Å². The Morgan fingerprint density at radius 2 is 1.57 bits per heavy atom. The predicted octanol–water partition coefficient (Wildman–Crippen LogP) is -4.86. The predicted molar refractivity (Wildman–Crippen MR) is 33.8 cm³/mol. The highest BCUT2D eigenvalue weighted by atomic mass is 16.4. The summed E-state index contributed by atoms with van der Waals surface area (Å²) < 4.78 is 0. The van der Waals surface area contributed by atoms with Crippen molar-refractivity contribution in [2.75, 3.05) is 0 Å². The molecule has 1 N–H and O–H groups in total. The average molecular weight is 203 g/mol. The number of hydrogen-bond donors (Lipinski definition) is 1. The number of carbonyl (C=O) groups excluding carboxylic acids is 3. The van der Waals surface area contributed by atoms with E-state index in [0.29, 0.717) is 0 Å². The molecule has 7 heteroatoms. The standard InChI is InChI=1S/C7H10O7/c8-4(9)1-2-7(14,6(12)13)3-5(10)11/h14H,1-3H2,(H,8,9)(H,10,11)(H,12,13)/p-3/t7-/m1/s1. The van der Waals surface area contributed by atoms with Crippen LogP contribution in [-0.4, -0.2) is 28.6 Å². The molecule has 7 nitrogen and oxygen atoms in total. The summed E-state index contributed by atoms with van der Waals surface area (Å²) in [5.41, 5.74) is -2.72. The molecule has 0 spiro atoms. The second-order valence-electron chi connectivity index (χ2n) is 2.74. The van der Waals surface area contributed by atoms with Crippen molar-refractivity contribution in [2.45, 2.75) is 24.9 Å². The van der Waals surface area contributed by atoms with Gasteiger partial charge in [0.1, 0.15) is 5.60 Å². The molecule has 1 atom stereocenters. The summed E-state index contributed by atoms with van der Waals surface area (Å²) in [6.07, 6.45) is -2.80. The normalized spacial score (nSPS) is 14.4. The van der Waals surface area contributed by atoms with Crippen molar-refractivity contribution >= 4 is 17.9 Å². The highest BCUT2D eigenvalue weighted by Gasteiger charge is 2.28. The number of carbonyl (C=O) groups is 3. The first kappa shape index (κ1) is 12.4. The smallest absolute Gasteiger partial charge is 0.109 e. The van der Waals surface area contributed by atoms with Crippen LogP contribution >= 0.6 is 0 Å². The summed E-state index contributed by atoms with van der Waals surface area (Å²) in [4.78, 5) is 30.3. The van der Waals surface area contributed by atoms with Gasteiger partial charge in [-0.15, -0.1) is 0 Å². The Bertz CT molecular complexity index is 259. The topological polar surface area (TPSA) is 141 Å². The Labute approximate surface area is 78.6 Å². The monoisotopic (exact) mass is 203 g/mol. The van der Waals surface area contributed by atoms with Crippen LogP contribution in [0.15, 0.2) is 0 Å². The number of aliphatic hydroxyl groups is 1. The quantitative estimate of drug-likeness (QED) is 0.456. The van der Waals surface area contributed by atoms with E-state index >= 15 is 0 Å². The Kier molecular flexibility index (Phi) is 4.03. The van der Waals surface area contributed by atoms with Gasteiger partial charge in [-0.3, -0.25) is 0 Å². The highest BCUT2D eigenvalue weighted by Crippen LogP contribution is 2.15. The molecule has 0 rings (SSSR count). The zero-order valence-electron chi connectivity index (χ0n) is 7.02. The zero-order chi connectivity index (χ0) is 11.4. The molecule has 0 unspecified atom stereocenters. The summed E-state index contributed by atoms with van der Waals surface area (Å²) in [5, 5.41) is 39.4. The van der Waals surface area contributed by atoms with Gasteiger partial charge in [0.2, 0.25) is 0 Å². The van der Waals surface area contributed by atoms with Crippen molar-refractivity contribution in [3.63, 3.8) is 0 Å². The van der Waals surface area contributed by atoms with Gasteiger partial charge in [-0.1, -0.05) is 0 Å². The minimum absolute atomic E-state index is 0.780. The van der Waals surface area contributed by atoms with Crippen LogP contribution in [0.4, 0.5) is 0 Å².